The molecule has 16 heavy (non-hydrogen) atoms. The predicted octanol–water partition coefficient (Wildman–Crippen LogP) is 3.86. The number of nitrogens with zero attached hydrogens (tertiary/aromatic N) is 1. The molecule has 1 aliphatic rings. The zero-order chi connectivity index (χ0) is 11.1. The Bertz CT molecular complexity index is 481. The summed E-state index contributed by atoms with van der Waals surface area (Å²) in [6.45, 7) is 2.26. The van der Waals surface area contributed by atoms with Crippen molar-refractivity contribution in [2.24, 2.45) is 0 Å². The van der Waals surface area contributed by atoms with Crippen molar-refractivity contribution in [1.82, 2.24) is 0 Å². The molecule has 3 rings (SSSR count). The fraction of sp³-hybridized carbons (Fsp3) is 0.200. The molecule has 0 N–H and O–H groups in total. The zero-order valence-electron chi connectivity index (χ0n) is 9.64. The number of anilines is 1. The maximum Gasteiger partial charge on any atom is 0.0517 e. The second-order valence-corrected chi connectivity index (χ2v) is 4.39. The minimum absolute atomic E-state index is 0.450. The molecule has 1 aliphatic heterocycles. The van der Waals surface area contributed by atoms with Gasteiger partial charge in [-0.2, -0.15) is 0 Å². The van der Waals surface area contributed by atoms with Crippen molar-refractivity contribution in [3.05, 3.63) is 54.1 Å². The third-order valence-corrected chi connectivity index (χ3v) is 3.57. The lowest BCUT2D eigenvalue weighted by atomic mass is 9.89. The quantitative estimate of drug-likeness (QED) is 0.636. The second kappa shape index (κ2) is 3.38. The summed E-state index contributed by atoms with van der Waals surface area (Å²) in [5, 5.41) is 0. The average molecular weight is 209 g/mol. The van der Waals surface area contributed by atoms with E-state index in [-0.39, 0.29) is 0 Å². The summed E-state index contributed by atoms with van der Waals surface area (Å²) in [6, 6.07) is 17.8. The van der Waals surface area contributed by atoms with Gasteiger partial charge < -0.3 is 4.90 Å². The van der Waals surface area contributed by atoms with Crippen LogP contribution in [0.1, 0.15) is 18.5 Å². The highest BCUT2D eigenvalue weighted by Crippen LogP contribution is 2.43. The molecule has 0 fully saturated rings. The van der Waals surface area contributed by atoms with Crippen LogP contribution in [0.25, 0.3) is 11.1 Å². The molecule has 1 atom stereocenters. The van der Waals surface area contributed by atoms with Crippen molar-refractivity contribution < 1.29 is 0 Å². The van der Waals surface area contributed by atoms with E-state index in [1.165, 1.54) is 22.4 Å². The molecule has 2 aromatic rings. The minimum Gasteiger partial charge on any atom is -0.367 e. The van der Waals surface area contributed by atoms with Crippen LogP contribution >= 0.6 is 0 Å². The maximum atomic E-state index is 2.34. The van der Waals surface area contributed by atoms with E-state index >= 15 is 0 Å². The lowest BCUT2D eigenvalue weighted by molar-refractivity contribution is 0.732. The average Bonchev–Trinajstić information content (AvgIpc) is 2.36. The van der Waals surface area contributed by atoms with Crippen LogP contribution in [0.2, 0.25) is 0 Å². The molecule has 80 valence electrons. The van der Waals surface area contributed by atoms with Crippen LogP contribution in [-0.4, -0.2) is 7.05 Å². The number of benzene rings is 2. The molecule has 0 aromatic heterocycles. The lowest BCUT2D eigenvalue weighted by Crippen LogP contribution is -2.25. The zero-order valence-corrected chi connectivity index (χ0v) is 9.64. The Morgan fingerprint density at radius 3 is 2.31 bits per heavy atom. The standard InChI is InChI=1S/C15H15N/c1-11-12-7-3-4-8-13(12)14-9-5-6-10-15(14)16(11)2/h3-11H,1-2H3/t11-/m0/s1. The molecule has 0 radical (unpaired) electrons. The molecule has 0 aliphatic carbocycles. The third kappa shape index (κ3) is 1.18. The Kier molecular flexibility index (Phi) is 2.00. The fourth-order valence-electron chi connectivity index (χ4n) is 2.53. The van der Waals surface area contributed by atoms with Crippen molar-refractivity contribution in [3.8, 4) is 11.1 Å². The van der Waals surface area contributed by atoms with Gasteiger partial charge in [0.25, 0.3) is 0 Å². The molecule has 1 nitrogen and oxygen atoms in total. The molecule has 1 heterocycles. The Morgan fingerprint density at radius 1 is 0.875 bits per heavy atom. The first kappa shape index (κ1) is 9.46. The largest absolute Gasteiger partial charge is 0.367 e. The van der Waals surface area contributed by atoms with E-state index in [1.807, 2.05) is 0 Å². The van der Waals surface area contributed by atoms with Gasteiger partial charge in [0.1, 0.15) is 0 Å². The van der Waals surface area contributed by atoms with Gasteiger partial charge in [-0.1, -0.05) is 42.5 Å². The topological polar surface area (TPSA) is 3.24 Å². The molecule has 1 heteroatoms. The molecular formula is C15H15N. The molecular weight excluding hydrogens is 194 g/mol. The summed E-state index contributed by atoms with van der Waals surface area (Å²) in [6.07, 6.45) is 0. The second-order valence-electron chi connectivity index (χ2n) is 4.39. The highest BCUT2D eigenvalue weighted by molar-refractivity contribution is 5.84. The van der Waals surface area contributed by atoms with Crippen molar-refractivity contribution in [3.63, 3.8) is 0 Å². The number of rotatable bonds is 0. The molecule has 0 amide bonds. The maximum absolute atomic E-state index is 2.34. The Labute approximate surface area is 96.3 Å². The van der Waals surface area contributed by atoms with Crippen LogP contribution in [0.3, 0.4) is 0 Å². The smallest absolute Gasteiger partial charge is 0.0517 e. The molecule has 0 unspecified atom stereocenters. The van der Waals surface area contributed by atoms with Crippen LogP contribution in [0.15, 0.2) is 48.5 Å². The van der Waals surface area contributed by atoms with Crippen molar-refractivity contribution in [1.29, 1.82) is 0 Å². The summed E-state index contributed by atoms with van der Waals surface area (Å²) in [4.78, 5) is 2.34. The SMILES string of the molecule is C[C@H]1c2ccccc2-c2ccccc2N1C. The van der Waals surface area contributed by atoms with Crippen LogP contribution in [-0.2, 0) is 0 Å². The van der Waals surface area contributed by atoms with Crippen LogP contribution < -0.4 is 4.90 Å². The third-order valence-electron chi connectivity index (χ3n) is 3.57. The van der Waals surface area contributed by atoms with Crippen molar-refractivity contribution in [2.75, 3.05) is 11.9 Å². The van der Waals surface area contributed by atoms with Gasteiger partial charge in [-0.05, 0) is 24.1 Å². The number of fused-ring (bicyclic) bond motifs is 3. The molecule has 0 saturated heterocycles. The molecule has 0 bridgehead atoms. The summed E-state index contributed by atoms with van der Waals surface area (Å²) in [5.41, 5.74) is 5.47. The van der Waals surface area contributed by atoms with Crippen molar-refractivity contribution in [2.45, 2.75) is 13.0 Å². The van der Waals surface area contributed by atoms with Gasteiger partial charge >= 0.3 is 0 Å². The van der Waals surface area contributed by atoms with E-state index in [1.54, 1.807) is 0 Å². The number of hydrogen-bond acceptors (Lipinski definition) is 1. The highest BCUT2D eigenvalue weighted by atomic mass is 15.1. The summed E-state index contributed by atoms with van der Waals surface area (Å²) >= 11 is 0. The van der Waals surface area contributed by atoms with Crippen LogP contribution in [0.4, 0.5) is 5.69 Å². The van der Waals surface area contributed by atoms with E-state index in [4.69, 9.17) is 0 Å². The Hall–Kier alpha value is -1.76. The summed E-state index contributed by atoms with van der Waals surface area (Å²) in [7, 11) is 2.17. The van der Waals surface area contributed by atoms with Gasteiger partial charge in [0.15, 0.2) is 0 Å². The van der Waals surface area contributed by atoms with Crippen LogP contribution in [0, 0.1) is 0 Å². The lowest BCUT2D eigenvalue weighted by Gasteiger charge is -2.35. The number of para-hydroxylation sites is 1. The minimum atomic E-state index is 0.450. The van der Waals surface area contributed by atoms with E-state index in [0.29, 0.717) is 6.04 Å². The molecule has 0 spiro atoms. The van der Waals surface area contributed by atoms with E-state index in [0.717, 1.165) is 0 Å². The van der Waals surface area contributed by atoms with Gasteiger partial charge in [-0.25, -0.2) is 0 Å². The van der Waals surface area contributed by atoms with Gasteiger partial charge in [0.2, 0.25) is 0 Å². The Balaban J connectivity index is 2.33. The highest BCUT2D eigenvalue weighted by Gasteiger charge is 2.24. The van der Waals surface area contributed by atoms with E-state index in [2.05, 4.69) is 67.4 Å². The van der Waals surface area contributed by atoms with Gasteiger partial charge in [-0.3, -0.25) is 0 Å². The monoisotopic (exact) mass is 209 g/mol. The van der Waals surface area contributed by atoms with Crippen molar-refractivity contribution >= 4 is 5.69 Å². The summed E-state index contributed by atoms with van der Waals surface area (Å²) in [5.74, 6) is 0. The fourth-order valence-corrected chi connectivity index (χ4v) is 2.53. The van der Waals surface area contributed by atoms with E-state index in [9.17, 15) is 0 Å². The Morgan fingerprint density at radius 2 is 1.50 bits per heavy atom. The van der Waals surface area contributed by atoms with Gasteiger partial charge in [-0.15, -0.1) is 0 Å². The first-order chi connectivity index (χ1) is 7.79. The van der Waals surface area contributed by atoms with Crippen LogP contribution in [0.5, 0.6) is 0 Å². The predicted molar refractivity (Wildman–Crippen MR) is 68.7 cm³/mol. The summed E-state index contributed by atoms with van der Waals surface area (Å²) < 4.78 is 0. The molecule has 0 saturated carbocycles. The first-order valence-corrected chi connectivity index (χ1v) is 5.70. The number of hydrogen-bond donors (Lipinski definition) is 0. The van der Waals surface area contributed by atoms with Gasteiger partial charge in [0, 0.05) is 18.3 Å². The van der Waals surface area contributed by atoms with E-state index < -0.39 is 0 Å². The first-order valence-electron chi connectivity index (χ1n) is 5.70. The van der Waals surface area contributed by atoms with Gasteiger partial charge in [0.05, 0.1) is 6.04 Å². The molecule has 2 aromatic carbocycles. The normalized spacial score (nSPS) is 17.9.